The van der Waals surface area contributed by atoms with Gasteiger partial charge in [-0.3, -0.25) is 29.0 Å². The summed E-state index contributed by atoms with van der Waals surface area (Å²) < 4.78 is 0.619. The van der Waals surface area contributed by atoms with E-state index < -0.39 is 17.9 Å². The highest BCUT2D eigenvalue weighted by atomic mass is 32.1. The smallest absolute Gasteiger partial charge is 0.268 e. The summed E-state index contributed by atoms with van der Waals surface area (Å²) in [6.07, 6.45) is 0.413. The van der Waals surface area contributed by atoms with E-state index in [0.717, 1.165) is 4.90 Å². The molecule has 4 heterocycles. The van der Waals surface area contributed by atoms with Crippen molar-refractivity contribution >= 4 is 39.3 Å². The van der Waals surface area contributed by atoms with Gasteiger partial charge in [-0.1, -0.05) is 26.0 Å². The van der Waals surface area contributed by atoms with Gasteiger partial charge in [0.25, 0.3) is 17.4 Å². The maximum Gasteiger partial charge on any atom is 0.268 e. The van der Waals surface area contributed by atoms with Crippen molar-refractivity contribution in [1.29, 1.82) is 0 Å². The Balaban J connectivity index is 1.28. The van der Waals surface area contributed by atoms with E-state index in [4.69, 9.17) is 0 Å². The normalized spacial score (nSPS) is 17.5. The molecule has 1 fully saturated rings. The number of nitrogens with zero attached hydrogens (tertiary/aromatic N) is 4. The summed E-state index contributed by atoms with van der Waals surface area (Å²) in [4.78, 5) is 64.4. The number of carbonyl (C=O) groups excluding carboxylic acids is 3. The molecule has 2 aromatic heterocycles. The van der Waals surface area contributed by atoms with Gasteiger partial charge < -0.3 is 9.88 Å². The Morgan fingerprint density at radius 1 is 1.03 bits per heavy atom. The Morgan fingerprint density at radius 3 is 2.31 bits per heavy atom. The molecule has 1 aromatic carbocycles. The number of thiophene rings is 1. The van der Waals surface area contributed by atoms with E-state index in [-0.39, 0.29) is 17.4 Å². The zero-order valence-electron chi connectivity index (χ0n) is 19.7. The van der Waals surface area contributed by atoms with Crippen molar-refractivity contribution in [1.82, 2.24) is 24.7 Å². The largest absolute Gasteiger partial charge is 0.338 e. The molecule has 9 nitrogen and oxygen atoms in total. The third-order valence-electron chi connectivity index (χ3n) is 6.54. The lowest BCUT2D eigenvalue weighted by Gasteiger charge is -2.38. The molecule has 0 radical (unpaired) electrons. The lowest BCUT2D eigenvalue weighted by Crippen LogP contribution is -2.56. The van der Waals surface area contributed by atoms with Gasteiger partial charge in [0.2, 0.25) is 5.91 Å². The first kappa shape index (κ1) is 23.4. The lowest BCUT2D eigenvalue weighted by molar-refractivity contribution is -0.137. The molecule has 0 unspecified atom stereocenters. The molecule has 5 rings (SSSR count). The molecule has 1 saturated heterocycles. The molecule has 2 aliphatic rings. The number of carbonyl (C=O) groups is 3. The first-order chi connectivity index (χ1) is 16.8. The highest BCUT2D eigenvalue weighted by Gasteiger charge is 2.44. The van der Waals surface area contributed by atoms with Gasteiger partial charge in [0.1, 0.15) is 16.6 Å². The summed E-state index contributed by atoms with van der Waals surface area (Å²) in [5.41, 5.74) is 1.27. The predicted octanol–water partition coefficient (Wildman–Crippen LogP) is 2.34. The molecule has 0 bridgehead atoms. The number of rotatable bonds is 6. The molecule has 2 aliphatic heterocycles. The van der Waals surface area contributed by atoms with Gasteiger partial charge >= 0.3 is 0 Å². The standard InChI is InChI=1S/C25H27N5O4S/c1-15(2)13-19(30-23(32)16-5-3-4-6-17(16)24(30)33)25(34)29-10-8-28(9-11-29)14-20-26-18-7-12-35-21(18)22(31)27-20/h3-7,12,15,19H,8-11,13-14H2,1-2H3,(H,26,27,31)/t19-/m0/s1. The number of H-pyrrole nitrogens is 1. The van der Waals surface area contributed by atoms with E-state index in [1.165, 1.54) is 11.3 Å². The molecular formula is C25H27N5O4S. The molecule has 182 valence electrons. The SMILES string of the molecule is CC(C)C[C@@H](C(=O)N1CCN(Cc2nc3ccsc3c(=O)[nH]2)CC1)N1C(=O)c2ccccc2C1=O. The number of hydrogen-bond donors (Lipinski definition) is 1. The number of imide groups is 1. The minimum Gasteiger partial charge on any atom is -0.338 e. The van der Waals surface area contributed by atoms with E-state index in [1.807, 2.05) is 25.3 Å². The average Bonchev–Trinajstić information content (AvgIpc) is 3.41. The van der Waals surface area contributed by atoms with Gasteiger partial charge in [-0.2, -0.15) is 0 Å². The summed E-state index contributed by atoms with van der Waals surface area (Å²) in [6, 6.07) is 7.74. The van der Waals surface area contributed by atoms with Crippen LogP contribution in [0.2, 0.25) is 0 Å². The number of hydrogen-bond acceptors (Lipinski definition) is 7. The summed E-state index contributed by atoms with van der Waals surface area (Å²) in [5, 5.41) is 1.85. The highest BCUT2D eigenvalue weighted by Crippen LogP contribution is 2.28. The molecule has 0 saturated carbocycles. The molecule has 1 atom stereocenters. The van der Waals surface area contributed by atoms with Crippen LogP contribution in [0.1, 0.15) is 46.8 Å². The maximum atomic E-state index is 13.6. The van der Waals surface area contributed by atoms with Crippen LogP contribution in [-0.2, 0) is 11.3 Å². The number of fused-ring (bicyclic) bond motifs is 2. The van der Waals surface area contributed by atoms with Gasteiger partial charge in [-0.15, -0.1) is 11.3 Å². The molecular weight excluding hydrogens is 466 g/mol. The molecule has 0 aliphatic carbocycles. The van der Waals surface area contributed by atoms with Gasteiger partial charge in [-0.25, -0.2) is 4.98 Å². The van der Waals surface area contributed by atoms with Crippen LogP contribution in [0.3, 0.4) is 0 Å². The molecule has 10 heteroatoms. The minimum atomic E-state index is -0.826. The van der Waals surface area contributed by atoms with Crippen molar-refractivity contribution in [2.24, 2.45) is 5.92 Å². The summed E-state index contributed by atoms with van der Waals surface area (Å²) >= 11 is 1.37. The number of amides is 3. The monoisotopic (exact) mass is 493 g/mol. The molecule has 0 spiro atoms. The number of aromatic nitrogens is 2. The van der Waals surface area contributed by atoms with Gasteiger partial charge in [-0.05, 0) is 35.9 Å². The van der Waals surface area contributed by atoms with Gasteiger partial charge in [0.15, 0.2) is 0 Å². The molecule has 35 heavy (non-hydrogen) atoms. The summed E-state index contributed by atoms with van der Waals surface area (Å²) in [6.45, 7) is 6.60. The molecule has 3 amide bonds. The fraction of sp³-hybridized carbons (Fsp3) is 0.400. The van der Waals surface area contributed by atoms with Crippen LogP contribution in [0.25, 0.3) is 10.2 Å². The van der Waals surface area contributed by atoms with Crippen LogP contribution in [0.15, 0.2) is 40.5 Å². The molecule has 3 aromatic rings. The van der Waals surface area contributed by atoms with Crippen molar-refractivity contribution in [3.63, 3.8) is 0 Å². The zero-order chi connectivity index (χ0) is 24.7. The second-order valence-corrected chi connectivity index (χ2v) is 10.3. The third-order valence-corrected chi connectivity index (χ3v) is 7.44. The van der Waals surface area contributed by atoms with E-state index in [9.17, 15) is 19.2 Å². The van der Waals surface area contributed by atoms with E-state index in [2.05, 4.69) is 14.9 Å². The predicted molar refractivity (Wildman–Crippen MR) is 132 cm³/mol. The maximum absolute atomic E-state index is 13.6. The van der Waals surface area contributed by atoms with Crippen LogP contribution in [0.5, 0.6) is 0 Å². The van der Waals surface area contributed by atoms with E-state index >= 15 is 0 Å². The Labute approximate surface area is 206 Å². The minimum absolute atomic E-state index is 0.129. The first-order valence-corrected chi connectivity index (χ1v) is 12.7. The zero-order valence-corrected chi connectivity index (χ0v) is 20.5. The summed E-state index contributed by atoms with van der Waals surface area (Å²) in [5.74, 6) is -0.267. The number of piperazine rings is 1. The van der Waals surface area contributed by atoms with Crippen LogP contribution >= 0.6 is 11.3 Å². The van der Waals surface area contributed by atoms with E-state index in [0.29, 0.717) is 66.3 Å². The quantitative estimate of drug-likeness (QED) is 0.529. The Bertz CT molecular complexity index is 1320. The second kappa shape index (κ2) is 9.35. The van der Waals surface area contributed by atoms with Crippen molar-refractivity contribution in [3.05, 3.63) is 63.0 Å². The fourth-order valence-electron chi connectivity index (χ4n) is 4.80. The van der Waals surface area contributed by atoms with Crippen molar-refractivity contribution in [3.8, 4) is 0 Å². The Hall–Kier alpha value is -3.37. The topological polar surface area (TPSA) is 107 Å². The van der Waals surface area contributed by atoms with Crippen molar-refractivity contribution in [2.45, 2.75) is 32.9 Å². The lowest BCUT2D eigenvalue weighted by atomic mass is 10.0. The highest BCUT2D eigenvalue weighted by molar-refractivity contribution is 7.17. The van der Waals surface area contributed by atoms with Gasteiger partial charge in [0.05, 0.1) is 23.2 Å². The van der Waals surface area contributed by atoms with Crippen LogP contribution in [0.4, 0.5) is 0 Å². The Kier molecular flexibility index (Phi) is 6.24. The Morgan fingerprint density at radius 2 is 1.69 bits per heavy atom. The van der Waals surface area contributed by atoms with Crippen LogP contribution in [0, 0.1) is 5.92 Å². The number of nitrogens with one attached hydrogen (secondary N) is 1. The van der Waals surface area contributed by atoms with Crippen LogP contribution < -0.4 is 5.56 Å². The summed E-state index contributed by atoms with van der Waals surface area (Å²) in [7, 11) is 0. The first-order valence-electron chi connectivity index (χ1n) is 11.8. The van der Waals surface area contributed by atoms with Gasteiger partial charge in [0, 0.05) is 26.2 Å². The van der Waals surface area contributed by atoms with Crippen molar-refractivity contribution < 1.29 is 14.4 Å². The van der Waals surface area contributed by atoms with E-state index in [1.54, 1.807) is 29.2 Å². The number of aromatic amines is 1. The third kappa shape index (κ3) is 4.39. The second-order valence-electron chi connectivity index (χ2n) is 9.42. The average molecular weight is 494 g/mol. The van der Waals surface area contributed by atoms with Crippen LogP contribution in [-0.4, -0.2) is 74.6 Å². The molecule has 1 N–H and O–H groups in total. The van der Waals surface area contributed by atoms with Crippen molar-refractivity contribution in [2.75, 3.05) is 26.2 Å². The number of benzene rings is 1. The fourth-order valence-corrected chi connectivity index (χ4v) is 5.53.